The summed E-state index contributed by atoms with van der Waals surface area (Å²) in [5.74, 6) is 1.72. The van der Waals surface area contributed by atoms with Crippen LogP contribution in [0.15, 0.2) is 15.1 Å². The maximum absolute atomic E-state index is 5.63. The molecule has 0 bridgehead atoms. The summed E-state index contributed by atoms with van der Waals surface area (Å²) < 4.78 is 11.0. The largest absolute Gasteiger partial charge is 0.336 e. The molecule has 9 heteroatoms. The van der Waals surface area contributed by atoms with Crippen LogP contribution in [0.4, 0.5) is 0 Å². The van der Waals surface area contributed by atoms with E-state index in [1.54, 1.807) is 0 Å². The molecule has 1 N–H and O–H groups in total. The Balaban J connectivity index is 0.00000168. The van der Waals surface area contributed by atoms with Crippen LogP contribution in [0.3, 0.4) is 0 Å². The van der Waals surface area contributed by atoms with E-state index in [0.29, 0.717) is 23.3 Å². The summed E-state index contributed by atoms with van der Waals surface area (Å²) in [6, 6.07) is 2.18. The van der Waals surface area contributed by atoms with Crippen molar-refractivity contribution in [3.8, 4) is 11.5 Å². The van der Waals surface area contributed by atoms with Gasteiger partial charge in [0.25, 0.3) is 11.6 Å². The average molecular weight is 377 g/mol. The van der Waals surface area contributed by atoms with Crippen LogP contribution < -0.4 is 5.32 Å². The molecule has 8 nitrogen and oxygen atoms in total. The molecule has 2 fully saturated rings. The average Bonchev–Trinajstić information content (AvgIpc) is 3.25. The number of piperazine rings is 1. The first-order chi connectivity index (χ1) is 12.2. The highest BCUT2D eigenvalue weighted by atomic mass is 35.5. The number of hydrogen-bond acceptors (Lipinski definition) is 8. The number of pyridine rings is 1. The molecule has 1 aliphatic heterocycles. The SMILES string of the molecule is Cc1noc2nc(C3CC3)cc(-c3nc(C4CNCCN4C)no3)c12.Cl. The lowest BCUT2D eigenvalue weighted by Gasteiger charge is -2.30. The topological polar surface area (TPSA) is 93.1 Å². The van der Waals surface area contributed by atoms with Gasteiger partial charge in [-0.05, 0) is 32.9 Å². The van der Waals surface area contributed by atoms with Gasteiger partial charge in [-0.3, -0.25) is 4.90 Å². The lowest BCUT2D eigenvalue weighted by molar-refractivity contribution is 0.190. The second-order valence-corrected chi connectivity index (χ2v) is 6.98. The van der Waals surface area contributed by atoms with Crippen LogP contribution in [-0.2, 0) is 0 Å². The number of hydrogen-bond donors (Lipinski definition) is 1. The minimum atomic E-state index is 0. The summed E-state index contributed by atoms with van der Waals surface area (Å²) in [4.78, 5) is 11.5. The molecule has 1 saturated heterocycles. The van der Waals surface area contributed by atoms with E-state index in [-0.39, 0.29) is 18.4 Å². The van der Waals surface area contributed by atoms with Gasteiger partial charge in [0.15, 0.2) is 5.82 Å². The number of likely N-dealkylation sites (N-methyl/N-ethyl adjacent to an activating group) is 1. The normalized spacial score (nSPS) is 21.1. The molecular weight excluding hydrogens is 356 g/mol. The van der Waals surface area contributed by atoms with Crippen molar-refractivity contribution in [2.24, 2.45) is 0 Å². The zero-order chi connectivity index (χ0) is 17.0. The molecule has 1 unspecified atom stereocenters. The first-order valence-electron chi connectivity index (χ1n) is 8.72. The number of aryl methyl sites for hydroxylation is 1. The van der Waals surface area contributed by atoms with Gasteiger partial charge in [-0.25, -0.2) is 4.98 Å². The molecule has 0 aromatic carbocycles. The monoisotopic (exact) mass is 376 g/mol. The molecule has 1 aliphatic carbocycles. The standard InChI is InChI=1S/C17H20N6O2.ClH/c1-9-14-11(7-12(10-3-4-10)19-17(14)25-21-9)16-20-15(22-24-16)13-8-18-5-6-23(13)2;/h7,10,13,18H,3-6,8H2,1-2H3;1H. The van der Waals surface area contributed by atoms with E-state index < -0.39 is 0 Å². The zero-order valence-corrected chi connectivity index (χ0v) is 15.5. The van der Waals surface area contributed by atoms with Crippen LogP contribution in [0.25, 0.3) is 22.6 Å². The van der Waals surface area contributed by atoms with Crippen LogP contribution in [0.2, 0.25) is 0 Å². The molecule has 26 heavy (non-hydrogen) atoms. The minimum absolute atomic E-state index is 0. The quantitative estimate of drug-likeness (QED) is 0.745. The van der Waals surface area contributed by atoms with Crippen LogP contribution >= 0.6 is 12.4 Å². The molecule has 1 atom stereocenters. The van der Waals surface area contributed by atoms with Crippen molar-refractivity contribution in [3.63, 3.8) is 0 Å². The van der Waals surface area contributed by atoms with Crippen LogP contribution in [-0.4, -0.2) is 51.9 Å². The maximum atomic E-state index is 5.63. The molecule has 0 amide bonds. The number of halogens is 1. The van der Waals surface area contributed by atoms with Crippen molar-refractivity contribution >= 4 is 23.5 Å². The Labute approximate surface area is 156 Å². The van der Waals surface area contributed by atoms with Gasteiger partial charge in [-0.15, -0.1) is 12.4 Å². The lowest BCUT2D eigenvalue weighted by Crippen LogP contribution is -2.44. The Morgan fingerprint density at radius 3 is 2.81 bits per heavy atom. The van der Waals surface area contributed by atoms with Gasteiger partial charge >= 0.3 is 0 Å². The number of nitrogens with zero attached hydrogens (tertiary/aromatic N) is 5. The van der Waals surface area contributed by atoms with Crippen molar-refractivity contribution < 1.29 is 9.05 Å². The van der Waals surface area contributed by atoms with E-state index in [0.717, 1.165) is 42.0 Å². The molecule has 1 saturated carbocycles. The fourth-order valence-electron chi connectivity index (χ4n) is 3.44. The van der Waals surface area contributed by atoms with E-state index in [1.165, 1.54) is 12.8 Å². The Bertz CT molecular complexity index is 935. The molecular formula is C17H21ClN6O2. The van der Waals surface area contributed by atoms with Crippen LogP contribution in [0.5, 0.6) is 0 Å². The van der Waals surface area contributed by atoms with Crippen molar-refractivity contribution in [1.29, 1.82) is 0 Å². The van der Waals surface area contributed by atoms with Gasteiger partial charge in [0.05, 0.1) is 22.7 Å². The van der Waals surface area contributed by atoms with Gasteiger partial charge in [0, 0.05) is 31.2 Å². The van der Waals surface area contributed by atoms with Crippen molar-refractivity contribution in [3.05, 3.63) is 23.3 Å². The summed E-state index contributed by atoms with van der Waals surface area (Å²) >= 11 is 0. The van der Waals surface area contributed by atoms with E-state index in [1.807, 2.05) is 6.92 Å². The Kier molecular flexibility index (Phi) is 4.42. The lowest BCUT2D eigenvalue weighted by atomic mass is 10.1. The summed E-state index contributed by atoms with van der Waals surface area (Å²) in [5.41, 5.74) is 3.23. The second-order valence-electron chi connectivity index (χ2n) is 6.98. The molecule has 0 spiro atoms. The number of aromatic nitrogens is 4. The summed E-state index contributed by atoms with van der Waals surface area (Å²) in [5, 5.41) is 12.5. The van der Waals surface area contributed by atoms with Crippen molar-refractivity contribution in [2.45, 2.75) is 31.7 Å². The predicted octanol–water partition coefficient (Wildman–Crippen LogP) is 2.46. The highest BCUT2D eigenvalue weighted by Gasteiger charge is 2.30. The Morgan fingerprint density at radius 2 is 2.04 bits per heavy atom. The number of nitrogens with one attached hydrogen (secondary N) is 1. The first-order valence-corrected chi connectivity index (χ1v) is 8.72. The second kappa shape index (κ2) is 6.61. The molecule has 2 aliphatic rings. The molecule has 3 aromatic rings. The maximum Gasteiger partial charge on any atom is 0.259 e. The molecule has 3 aromatic heterocycles. The summed E-state index contributed by atoms with van der Waals surface area (Å²) in [6.07, 6.45) is 2.33. The molecule has 5 rings (SSSR count). The summed E-state index contributed by atoms with van der Waals surface area (Å²) in [7, 11) is 2.08. The van der Waals surface area contributed by atoms with Crippen LogP contribution in [0, 0.1) is 6.92 Å². The summed E-state index contributed by atoms with van der Waals surface area (Å²) in [6.45, 7) is 4.67. The predicted molar refractivity (Wildman–Crippen MR) is 97.3 cm³/mol. The fourth-order valence-corrected chi connectivity index (χ4v) is 3.44. The Morgan fingerprint density at radius 1 is 1.19 bits per heavy atom. The van der Waals surface area contributed by atoms with Crippen LogP contribution in [0.1, 0.15) is 42.0 Å². The van der Waals surface area contributed by atoms with Gasteiger partial charge in [-0.2, -0.15) is 4.98 Å². The highest BCUT2D eigenvalue weighted by molar-refractivity contribution is 5.91. The third kappa shape index (κ3) is 2.87. The van der Waals surface area contributed by atoms with Crippen molar-refractivity contribution in [1.82, 2.24) is 30.5 Å². The van der Waals surface area contributed by atoms with E-state index >= 15 is 0 Å². The third-order valence-electron chi connectivity index (χ3n) is 5.11. The first kappa shape index (κ1) is 17.4. The molecule has 4 heterocycles. The van der Waals surface area contributed by atoms with Gasteiger partial charge in [-0.1, -0.05) is 10.3 Å². The smallest absolute Gasteiger partial charge is 0.259 e. The van der Waals surface area contributed by atoms with E-state index in [4.69, 9.17) is 9.05 Å². The molecule has 0 radical (unpaired) electrons. The van der Waals surface area contributed by atoms with E-state index in [2.05, 4.69) is 43.6 Å². The Hall–Kier alpha value is -2.03. The highest BCUT2D eigenvalue weighted by Crippen LogP contribution is 2.42. The van der Waals surface area contributed by atoms with Crippen molar-refractivity contribution in [2.75, 3.05) is 26.7 Å². The minimum Gasteiger partial charge on any atom is -0.336 e. The van der Waals surface area contributed by atoms with Gasteiger partial charge in [0.2, 0.25) is 0 Å². The number of fused-ring (bicyclic) bond motifs is 1. The number of rotatable bonds is 3. The van der Waals surface area contributed by atoms with Gasteiger partial charge < -0.3 is 14.4 Å². The fraction of sp³-hybridized carbons (Fsp3) is 0.529. The zero-order valence-electron chi connectivity index (χ0n) is 14.7. The molecule has 138 valence electrons. The van der Waals surface area contributed by atoms with Gasteiger partial charge in [0.1, 0.15) is 0 Å². The van der Waals surface area contributed by atoms with E-state index in [9.17, 15) is 0 Å². The third-order valence-corrected chi connectivity index (χ3v) is 5.11.